The monoisotopic (exact) mass is 457 g/mol. The summed E-state index contributed by atoms with van der Waals surface area (Å²) in [5.74, 6) is -1.94. The first-order valence-electron chi connectivity index (χ1n) is 11.3. The molecule has 2 amide bonds. The number of imide groups is 1. The predicted octanol–water partition coefficient (Wildman–Crippen LogP) is 3.35. The van der Waals surface area contributed by atoms with Crippen LogP contribution in [0.4, 0.5) is 5.82 Å². The van der Waals surface area contributed by atoms with Gasteiger partial charge in [-0.05, 0) is 42.2 Å². The van der Waals surface area contributed by atoms with Gasteiger partial charge in [0.15, 0.2) is 0 Å². The van der Waals surface area contributed by atoms with E-state index >= 15 is 0 Å². The number of anilines is 1. The Kier molecular flexibility index (Phi) is 7.01. The molecule has 0 radical (unpaired) electrons. The number of nitrogen functional groups attached to an aromatic ring is 1. The molecule has 1 aliphatic heterocycles. The van der Waals surface area contributed by atoms with E-state index < -0.39 is 23.8 Å². The van der Waals surface area contributed by atoms with Gasteiger partial charge in [-0.2, -0.15) is 0 Å². The molecule has 2 atom stereocenters. The lowest BCUT2D eigenvalue weighted by molar-refractivity contribution is -0.179. The molecule has 2 aromatic carbocycles. The second-order valence-corrected chi connectivity index (χ2v) is 8.28. The van der Waals surface area contributed by atoms with Crippen molar-refractivity contribution < 1.29 is 19.1 Å². The summed E-state index contributed by atoms with van der Waals surface area (Å²) in [6.45, 7) is 1.86. The minimum absolute atomic E-state index is 0.0601. The van der Waals surface area contributed by atoms with Crippen molar-refractivity contribution in [1.29, 1.82) is 0 Å². The second-order valence-electron chi connectivity index (χ2n) is 8.28. The molecular weight excluding hydrogens is 430 g/mol. The van der Waals surface area contributed by atoms with E-state index in [1.165, 1.54) is 0 Å². The zero-order valence-electron chi connectivity index (χ0n) is 19.0. The molecule has 1 fully saturated rings. The van der Waals surface area contributed by atoms with Crippen LogP contribution >= 0.6 is 0 Å². The van der Waals surface area contributed by atoms with Crippen LogP contribution in [0, 0.1) is 5.92 Å². The van der Waals surface area contributed by atoms with Crippen LogP contribution in [0.15, 0.2) is 79.0 Å². The van der Waals surface area contributed by atoms with E-state index in [4.69, 9.17) is 10.5 Å². The van der Waals surface area contributed by atoms with Crippen molar-refractivity contribution in [3.05, 3.63) is 95.7 Å². The van der Waals surface area contributed by atoms with E-state index in [1.54, 1.807) is 25.3 Å². The molecule has 0 unspecified atom stereocenters. The number of ether oxygens (including phenoxy) is 1. The minimum Gasteiger partial charge on any atom is -0.464 e. The van der Waals surface area contributed by atoms with Gasteiger partial charge in [0.1, 0.15) is 11.9 Å². The fourth-order valence-electron chi connectivity index (χ4n) is 4.47. The van der Waals surface area contributed by atoms with Crippen LogP contribution in [0.25, 0.3) is 0 Å². The first-order valence-corrected chi connectivity index (χ1v) is 11.3. The molecule has 174 valence electrons. The van der Waals surface area contributed by atoms with Crippen LogP contribution in [0.1, 0.15) is 36.0 Å². The molecule has 1 aromatic heterocycles. The summed E-state index contributed by atoms with van der Waals surface area (Å²) in [6.07, 6.45) is 1.89. The van der Waals surface area contributed by atoms with Crippen LogP contribution in [0.5, 0.6) is 0 Å². The number of carbonyl (C=O) groups excluding carboxylic acids is 3. The number of β-lactam (4-membered cyclic amide) rings is 1. The van der Waals surface area contributed by atoms with E-state index in [-0.39, 0.29) is 31.3 Å². The summed E-state index contributed by atoms with van der Waals surface area (Å²) < 4.78 is 5.22. The Morgan fingerprint density at radius 3 is 2.21 bits per heavy atom. The quantitative estimate of drug-likeness (QED) is 0.411. The highest BCUT2D eigenvalue weighted by Crippen LogP contribution is 2.35. The number of rotatable bonds is 8. The van der Waals surface area contributed by atoms with Gasteiger partial charge in [0.25, 0.3) is 0 Å². The predicted molar refractivity (Wildman–Crippen MR) is 127 cm³/mol. The van der Waals surface area contributed by atoms with E-state index in [2.05, 4.69) is 4.98 Å². The highest BCUT2D eigenvalue weighted by molar-refractivity contribution is 6.08. The number of likely N-dealkylation sites (tertiary alicyclic amines) is 1. The number of amides is 2. The van der Waals surface area contributed by atoms with Gasteiger partial charge < -0.3 is 10.5 Å². The number of nitrogens with two attached hydrogens (primary N) is 1. The second kappa shape index (κ2) is 10.3. The van der Waals surface area contributed by atoms with Gasteiger partial charge in [0.2, 0.25) is 11.8 Å². The number of hydrogen-bond acceptors (Lipinski definition) is 6. The SMILES string of the molecule is CCOC(=O)[C@@H]1[C@@H](Cc2ccnc(N)c2)C(=O)N1C(=O)CC(c1ccccc1)c1ccccc1. The van der Waals surface area contributed by atoms with Gasteiger partial charge in [-0.3, -0.25) is 14.5 Å². The molecule has 4 rings (SSSR count). The van der Waals surface area contributed by atoms with Crippen molar-refractivity contribution in [2.75, 3.05) is 12.3 Å². The number of benzene rings is 2. The third-order valence-electron chi connectivity index (χ3n) is 6.09. The van der Waals surface area contributed by atoms with E-state index in [1.807, 2.05) is 60.7 Å². The van der Waals surface area contributed by atoms with Crippen LogP contribution < -0.4 is 5.73 Å². The Bertz CT molecular complexity index is 1130. The summed E-state index contributed by atoms with van der Waals surface area (Å²) in [5, 5.41) is 0. The normalized spacial score (nSPS) is 17.4. The Balaban J connectivity index is 1.58. The smallest absolute Gasteiger partial charge is 0.330 e. The first-order chi connectivity index (χ1) is 16.5. The standard InChI is InChI=1S/C27H27N3O4/c1-2-34-27(33)25-22(15-18-13-14-29-23(28)16-18)26(32)30(25)24(31)17-21(19-9-5-3-6-10-19)20-11-7-4-8-12-20/h3-14,16,21-22,25H,2,15,17H2,1H3,(H2,28,29)/t22-,25+/m1/s1. The number of nitrogens with zero attached hydrogens (tertiary/aromatic N) is 2. The van der Waals surface area contributed by atoms with Gasteiger partial charge >= 0.3 is 5.97 Å². The topological polar surface area (TPSA) is 103 Å². The third-order valence-corrected chi connectivity index (χ3v) is 6.09. The fourth-order valence-corrected chi connectivity index (χ4v) is 4.47. The summed E-state index contributed by atoms with van der Waals surface area (Å²) in [4.78, 5) is 44.4. The molecule has 1 saturated heterocycles. The summed E-state index contributed by atoms with van der Waals surface area (Å²) >= 11 is 0. The average molecular weight is 458 g/mol. The zero-order valence-corrected chi connectivity index (χ0v) is 19.0. The highest BCUT2D eigenvalue weighted by Gasteiger charge is 2.55. The molecule has 2 N–H and O–H groups in total. The summed E-state index contributed by atoms with van der Waals surface area (Å²) in [5.41, 5.74) is 8.46. The molecule has 3 aromatic rings. The molecule has 2 heterocycles. The third kappa shape index (κ3) is 4.83. The van der Waals surface area contributed by atoms with Crippen molar-refractivity contribution >= 4 is 23.6 Å². The zero-order chi connectivity index (χ0) is 24.1. The number of aromatic nitrogens is 1. The van der Waals surface area contributed by atoms with Crippen LogP contribution in [0.3, 0.4) is 0 Å². The highest BCUT2D eigenvalue weighted by atomic mass is 16.5. The van der Waals surface area contributed by atoms with Crippen molar-refractivity contribution in [3.8, 4) is 0 Å². The van der Waals surface area contributed by atoms with Crippen LogP contribution in [0.2, 0.25) is 0 Å². The van der Waals surface area contributed by atoms with Gasteiger partial charge in [0.05, 0.1) is 12.5 Å². The van der Waals surface area contributed by atoms with E-state index in [0.29, 0.717) is 5.82 Å². The number of hydrogen-bond donors (Lipinski definition) is 1. The van der Waals surface area contributed by atoms with Gasteiger partial charge in [-0.15, -0.1) is 0 Å². The number of pyridine rings is 1. The van der Waals surface area contributed by atoms with Crippen LogP contribution in [-0.2, 0) is 25.5 Å². The maximum absolute atomic E-state index is 13.4. The first kappa shape index (κ1) is 23.2. The molecule has 1 aliphatic rings. The number of carbonyl (C=O) groups is 3. The molecule has 0 aliphatic carbocycles. The van der Waals surface area contributed by atoms with E-state index in [9.17, 15) is 14.4 Å². The fraction of sp³-hybridized carbons (Fsp3) is 0.259. The minimum atomic E-state index is -0.957. The van der Waals surface area contributed by atoms with Crippen LogP contribution in [-0.4, -0.2) is 40.3 Å². The van der Waals surface area contributed by atoms with E-state index in [0.717, 1.165) is 21.6 Å². The Labute approximate surface area is 198 Å². The van der Waals surface area contributed by atoms with Gasteiger partial charge in [0, 0.05) is 18.5 Å². The van der Waals surface area contributed by atoms with Gasteiger partial charge in [-0.25, -0.2) is 9.78 Å². The summed E-state index contributed by atoms with van der Waals surface area (Å²) in [7, 11) is 0. The van der Waals surface area contributed by atoms with Crippen molar-refractivity contribution in [2.45, 2.75) is 31.7 Å². The average Bonchev–Trinajstić information content (AvgIpc) is 2.85. The molecular formula is C27H27N3O4. The Hall–Kier alpha value is -4.00. The molecule has 7 nitrogen and oxygen atoms in total. The maximum atomic E-state index is 13.4. The lowest BCUT2D eigenvalue weighted by Gasteiger charge is -2.44. The maximum Gasteiger partial charge on any atom is 0.330 e. The number of esters is 1. The van der Waals surface area contributed by atoms with Crippen molar-refractivity contribution in [3.63, 3.8) is 0 Å². The molecule has 7 heteroatoms. The van der Waals surface area contributed by atoms with Crippen molar-refractivity contribution in [2.24, 2.45) is 5.92 Å². The molecule has 34 heavy (non-hydrogen) atoms. The van der Waals surface area contributed by atoms with Crippen molar-refractivity contribution in [1.82, 2.24) is 9.88 Å². The molecule has 0 saturated carbocycles. The lowest BCUT2D eigenvalue weighted by atomic mass is 9.80. The Morgan fingerprint density at radius 2 is 1.65 bits per heavy atom. The van der Waals surface area contributed by atoms with Gasteiger partial charge in [-0.1, -0.05) is 60.7 Å². The molecule has 0 bridgehead atoms. The lowest BCUT2D eigenvalue weighted by Crippen LogP contribution is -2.67. The largest absolute Gasteiger partial charge is 0.464 e. The summed E-state index contributed by atoms with van der Waals surface area (Å²) in [6, 6.07) is 21.8. The molecule has 0 spiro atoms. The Morgan fingerprint density at radius 1 is 1.03 bits per heavy atom.